The number of rotatable bonds is 3. The average molecular weight is 243 g/mol. The van der Waals surface area contributed by atoms with Crippen molar-refractivity contribution in [2.75, 3.05) is 18.5 Å². The van der Waals surface area contributed by atoms with Crippen molar-refractivity contribution in [1.29, 1.82) is 0 Å². The molecule has 1 aromatic carbocycles. The summed E-state index contributed by atoms with van der Waals surface area (Å²) in [6.07, 6.45) is 3.34. The molecule has 0 bridgehead atoms. The number of fused-ring (bicyclic) bond motifs is 1. The topological polar surface area (TPSA) is 49.2 Å². The molecule has 94 valence electrons. The Labute approximate surface area is 106 Å². The van der Waals surface area contributed by atoms with Crippen molar-refractivity contribution in [2.24, 2.45) is 5.92 Å². The van der Waals surface area contributed by atoms with Crippen molar-refractivity contribution in [3.8, 4) is 0 Å². The van der Waals surface area contributed by atoms with Crippen molar-refractivity contribution in [3.05, 3.63) is 30.6 Å². The third-order valence-electron chi connectivity index (χ3n) is 3.63. The van der Waals surface area contributed by atoms with E-state index in [1.165, 1.54) is 0 Å². The molecule has 0 amide bonds. The minimum Gasteiger partial charge on any atom is -0.393 e. The Morgan fingerprint density at radius 1 is 1.28 bits per heavy atom. The molecule has 4 nitrogen and oxygen atoms in total. The Bertz CT molecular complexity index is 546. The highest BCUT2D eigenvalue weighted by Gasteiger charge is 2.28. The first-order valence-electron chi connectivity index (χ1n) is 6.33. The number of aliphatic hydroxyl groups excluding tert-OH is 1. The van der Waals surface area contributed by atoms with E-state index in [2.05, 4.69) is 28.0 Å². The van der Waals surface area contributed by atoms with Crippen molar-refractivity contribution in [1.82, 2.24) is 9.97 Å². The van der Waals surface area contributed by atoms with Gasteiger partial charge < -0.3 is 10.0 Å². The van der Waals surface area contributed by atoms with Crippen LogP contribution in [0.4, 0.5) is 5.82 Å². The summed E-state index contributed by atoms with van der Waals surface area (Å²) in [4.78, 5) is 10.8. The quantitative estimate of drug-likeness (QED) is 0.893. The Morgan fingerprint density at radius 2 is 2.06 bits per heavy atom. The van der Waals surface area contributed by atoms with Crippen LogP contribution in [-0.2, 0) is 0 Å². The van der Waals surface area contributed by atoms with Gasteiger partial charge in [-0.1, -0.05) is 12.1 Å². The number of hydrogen-bond acceptors (Lipinski definition) is 4. The molecule has 1 aliphatic carbocycles. The van der Waals surface area contributed by atoms with Gasteiger partial charge in [0.2, 0.25) is 0 Å². The number of aliphatic hydroxyl groups is 1. The van der Waals surface area contributed by atoms with E-state index < -0.39 is 0 Å². The first-order chi connectivity index (χ1) is 8.74. The van der Waals surface area contributed by atoms with Gasteiger partial charge in [-0.25, -0.2) is 9.97 Å². The van der Waals surface area contributed by atoms with Crippen LogP contribution in [0.3, 0.4) is 0 Å². The number of nitrogens with zero attached hydrogens (tertiary/aromatic N) is 3. The SMILES string of the molecule is CN(CC1CC(O)C1)c1ncnc2ccccc12. The van der Waals surface area contributed by atoms with Crippen LogP contribution in [0.2, 0.25) is 0 Å². The fourth-order valence-corrected chi connectivity index (χ4v) is 2.62. The molecule has 0 aliphatic heterocycles. The van der Waals surface area contributed by atoms with Crippen LogP contribution in [0.5, 0.6) is 0 Å². The molecule has 1 N–H and O–H groups in total. The molecule has 18 heavy (non-hydrogen) atoms. The van der Waals surface area contributed by atoms with Gasteiger partial charge in [0.15, 0.2) is 0 Å². The number of anilines is 1. The van der Waals surface area contributed by atoms with E-state index in [9.17, 15) is 5.11 Å². The lowest BCUT2D eigenvalue weighted by Crippen LogP contribution is -2.37. The van der Waals surface area contributed by atoms with E-state index in [1.807, 2.05) is 18.2 Å². The number of aromatic nitrogens is 2. The van der Waals surface area contributed by atoms with E-state index in [4.69, 9.17) is 0 Å². The van der Waals surface area contributed by atoms with Gasteiger partial charge in [-0.05, 0) is 30.9 Å². The van der Waals surface area contributed by atoms with Crippen molar-refractivity contribution in [3.63, 3.8) is 0 Å². The van der Waals surface area contributed by atoms with Crippen LogP contribution >= 0.6 is 0 Å². The van der Waals surface area contributed by atoms with E-state index in [-0.39, 0.29) is 6.10 Å². The first kappa shape index (κ1) is 11.4. The summed E-state index contributed by atoms with van der Waals surface area (Å²) in [6.45, 7) is 0.943. The monoisotopic (exact) mass is 243 g/mol. The zero-order valence-electron chi connectivity index (χ0n) is 10.5. The van der Waals surface area contributed by atoms with Gasteiger partial charge >= 0.3 is 0 Å². The molecule has 0 saturated heterocycles. The van der Waals surface area contributed by atoms with Gasteiger partial charge in [-0.3, -0.25) is 0 Å². The Kier molecular flexibility index (Phi) is 2.88. The number of para-hydroxylation sites is 1. The van der Waals surface area contributed by atoms with E-state index in [0.717, 1.165) is 36.1 Å². The molecule has 2 aromatic rings. The minimum absolute atomic E-state index is 0.0921. The molecule has 0 radical (unpaired) electrons. The Balaban J connectivity index is 1.84. The van der Waals surface area contributed by atoms with Crippen LogP contribution in [0.15, 0.2) is 30.6 Å². The Hall–Kier alpha value is -1.68. The maximum atomic E-state index is 9.33. The molecule has 1 aliphatic rings. The minimum atomic E-state index is -0.0921. The average Bonchev–Trinajstić information content (AvgIpc) is 2.36. The number of benzene rings is 1. The summed E-state index contributed by atoms with van der Waals surface area (Å²) in [5.74, 6) is 1.56. The molecule has 1 saturated carbocycles. The van der Waals surface area contributed by atoms with Gasteiger partial charge in [-0.2, -0.15) is 0 Å². The standard InChI is InChI=1S/C14H17N3O/c1-17(8-10-6-11(18)7-10)14-12-4-2-3-5-13(12)15-9-16-14/h2-5,9-11,18H,6-8H2,1H3. The molecule has 3 rings (SSSR count). The van der Waals surface area contributed by atoms with Crippen LogP contribution in [-0.4, -0.2) is 34.8 Å². The summed E-state index contributed by atoms with van der Waals surface area (Å²) in [7, 11) is 2.06. The third-order valence-corrected chi connectivity index (χ3v) is 3.63. The normalized spacial score (nSPS) is 22.8. The maximum Gasteiger partial charge on any atom is 0.139 e. The molecule has 1 aromatic heterocycles. The van der Waals surface area contributed by atoms with Crippen LogP contribution in [0.25, 0.3) is 10.9 Å². The van der Waals surface area contributed by atoms with Crippen molar-refractivity contribution < 1.29 is 5.11 Å². The molecule has 4 heteroatoms. The second kappa shape index (κ2) is 4.53. The van der Waals surface area contributed by atoms with Crippen LogP contribution in [0, 0.1) is 5.92 Å². The molecule has 1 heterocycles. The summed E-state index contributed by atoms with van der Waals surface area (Å²) < 4.78 is 0. The van der Waals surface area contributed by atoms with E-state index in [1.54, 1.807) is 6.33 Å². The van der Waals surface area contributed by atoms with E-state index in [0.29, 0.717) is 5.92 Å². The lowest BCUT2D eigenvalue weighted by molar-refractivity contribution is 0.0464. The maximum absolute atomic E-state index is 9.33. The second-order valence-electron chi connectivity index (χ2n) is 5.09. The highest BCUT2D eigenvalue weighted by molar-refractivity contribution is 5.89. The summed E-state index contributed by atoms with van der Waals surface area (Å²) in [5.41, 5.74) is 0.975. The lowest BCUT2D eigenvalue weighted by Gasteiger charge is -2.35. The van der Waals surface area contributed by atoms with Gasteiger partial charge in [0.05, 0.1) is 11.6 Å². The van der Waals surface area contributed by atoms with Gasteiger partial charge in [0, 0.05) is 19.0 Å². The fourth-order valence-electron chi connectivity index (χ4n) is 2.62. The molecule has 0 atom stereocenters. The predicted octanol–water partition coefficient (Wildman–Crippen LogP) is 1.84. The molecule has 0 unspecified atom stereocenters. The highest BCUT2D eigenvalue weighted by atomic mass is 16.3. The largest absolute Gasteiger partial charge is 0.393 e. The molecule has 0 spiro atoms. The van der Waals surface area contributed by atoms with E-state index >= 15 is 0 Å². The zero-order valence-corrected chi connectivity index (χ0v) is 10.5. The Morgan fingerprint density at radius 3 is 2.83 bits per heavy atom. The van der Waals surface area contributed by atoms with Gasteiger partial charge in [-0.15, -0.1) is 0 Å². The van der Waals surface area contributed by atoms with Gasteiger partial charge in [0.1, 0.15) is 12.1 Å². The smallest absolute Gasteiger partial charge is 0.139 e. The number of hydrogen-bond donors (Lipinski definition) is 1. The van der Waals surface area contributed by atoms with Crippen molar-refractivity contribution >= 4 is 16.7 Å². The predicted molar refractivity (Wildman–Crippen MR) is 71.5 cm³/mol. The third kappa shape index (κ3) is 2.04. The highest BCUT2D eigenvalue weighted by Crippen LogP contribution is 2.30. The zero-order chi connectivity index (χ0) is 12.5. The van der Waals surface area contributed by atoms with Gasteiger partial charge in [0.25, 0.3) is 0 Å². The molecular weight excluding hydrogens is 226 g/mol. The fraction of sp³-hybridized carbons (Fsp3) is 0.429. The first-order valence-corrected chi connectivity index (χ1v) is 6.33. The summed E-state index contributed by atoms with van der Waals surface area (Å²) in [6, 6.07) is 8.05. The summed E-state index contributed by atoms with van der Waals surface area (Å²) >= 11 is 0. The summed E-state index contributed by atoms with van der Waals surface area (Å²) in [5, 5.41) is 10.4. The molecular formula is C14H17N3O. The van der Waals surface area contributed by atoms with Crippen molar-refractivity contribution in [2.45, 2.75) is 18.9 Å². The van der Waals surface area contributed by atoms with Crippen LogP contribution in [0.1, 0.15) is 12.8 Å². The molecule has 1 fully saturated rings. The van der Waals surface area contributed by atoms with Crippen LogP contribution < -0.4 is 4.90 Å². The second-order valence-corrected chi connectivity index (χ2v) is 5.09. The lowest BCUT2D eigenvalue weighted by atomic mass is 9.82.